The summed E-state index contributed by atoms with van der Waals surface area (Å²) in [6.45, 7) is 0.286. The average Bonchev–Trinajstić information content (AvgIpc) is 2.40. The summed E-state index contributed by atoms with van der Waals surface area (Å²) in [5.74, 6) is -0.295. The Labute approximate surface area is 105 Å². The van der Waals surface area contributed by atoms with E-state index in [0.29, 0.717) is 11.4 Å². The highest BCUT2D eigenvalue weighted by Gasteiger charge is 2.06. The first-order chi connectivity index (χ1) is 8.74. The Balaban J connectivity index is 1.84. The first-order valence-corrected chi connectivity index (χ1v) is 5.64. The van der Waals surface area contributed by atoms with Crippen LogP contribution < -0.4 is 5.73 Å². The minimum atomic E-state index is -0.295. The van der Waals surface area contributed by atoms with Crippen LogP contribution in [0.25, 0.3) is 0 Å². The molecule has 0 aliphatic rings. The lowest BCUT2D eigenvalue weighted by molar-refractivity contribution is -0.144. The van der Waals surface area contributed by atoms with E-state index >= 15 is 0 Å². The molecule has 18 heavy (non-hydrogen) atoms. The molecule has 0 saturated carbocycles. The monoisotopic (exact) mass is 242 g/mol. The van der Waals surface area contributed by atoms with Gasteiger partial charge in [-0.2, -0.15) is 0 Å². The van der Waals surface area contributed by atoms with Gasteiger partial charge in [0.05, 0.1) is 24.0 Å². The number of esters is 1. The van der Waals surface area contributed by atoms with Crippen molar-refractivity contribution in [3.05, 3.63) is 59.9 Å². The van der Waals surface area contributed by atoms with Crippen molar-refractivity contribution in [3.8, 4) is 0 Å². The quantitative estimate of drug-likeness (QED) is 0.832. The predicted octanol–water partition coefficient (Wildman–Crippen LogP) is 1.95. The van der Waals surface area contributed by atoms with Crippen molar-refractivity contribution in [1.82, 2.24) is 4.98 Å². The zero-order valence-corrected chi connectivity index (χ0v) is 9.87. The van der Waals surface area contributed by atoms with Gasteiger partial charge in [-0.05, 0) is 17.7 Å². The summed E-state index contributed by atoms with van der Waals surface area (Å²) in [5, 5.41) is 0. The molecule has 92 valence electrons. The summed E-state index contributed by atoms with van der Waals surface area (Å²) in [6.07, 6.45) is 1.69. The topological polar surface area (TPSA) is 65.2 Å². The third-order valence-corrected chi connectivity index (χ3v) is 2.42. The van der Waals surface area contributed by atoms with Crippen molar-refractivity contribution < 1.29 is 9.53 Å². The summed E-state index contributed by atoms with van der Waals surface area (Å²) in [6, 6.07) is 13.0. The standard InChI is InChI=1S/C14H14N2O2/c15-12-6-7-13(16-9-12)8-14(17)18-10-11-4-2-1-3-5-11/h1-7,9H,8,10,15H2. The highest BCUT2D eigenvalue weighted by Crippen LogP contribution is 2.05. The van der Waals surface area contributed by atoms with Gasteiger partial charge in [-0.25, -0.2) is 0 Å². The van der Waals surface area contributed by atoms with Gasteiger partial charge in [0.15, 0.2) is 0 Å². The summed E-state index contributed by atoms with van der Waals surface area (Å²) in [5.41, 5.74) is 7.72. The van der Waals surface area contributed by atoms with Crippen molar-refractivity contribution in [1.29, 1.82) is 0 Å². The summed E-state index contributed by atoms with van der Waals surface area (Å²) in [7, 11) is 0. The fourth-order valence-corrected chi connectivity index (χ4v) is 1.48. The zero-order valence-electron chi connectivity index (χ0n) is 9.87. The average molecular weight is 242 g/mol. The number of carbonyl (C=O) groups is 1. The molecule has 2 aromatic rings. The highest BCUT2D eigenvalue weighted by molar-refractivity contribution is 5.72. The van der Waals surface area contributed by atoms with Crippen molar-refractivity contribution in [2.75, 3.05) is 5.73 Å². The largest absolute Gasteiger partial charge is 0.461 e. The number of pyridine rings is 1. The van der Waals surface area contributed by atoms with Gasteiger partial charge in [0.1, 0.15) is 6.61 Å². The molecule has 0 aliphatic carbocycles. The molecule has 0 aliphatic heterocycles. The first kappa shape index (κ1) is 12.1. The predicted molar refractivity (Wildman–Crippen MR) is 68.6 cm³/mol. The maximum atomic E-state index is 11.6. The number of carbonyl (C=O) groups excluding carboxylic acids is 1. The number of ether oxygens (including phenoxy) is 1. The molecule has 2 rings (SSSR count). The normalized spacial score (nSPS) is 10.0. The second kappa shape index (κ2) is 5.82. The van der Waals surface area contributed by atoms with Gasteiger partial charge in [0.2, 0.25) is 0 Å². The summed E-state index contributed by atoms with van der Waals surface area (Å²) >= 11 is 0. The number of hydrogen-bond donors (Lipinski definition) is 1. The highest BCUT2D eigenvalue weighted by atomic mass is 16.5. The molecule has 0 bridgehead atoms. The molecule has 0 radical (unpaired) electrons. The Morgan fingerprint density at radius 3 is 2.61 bits per heavy atom. The van der Waals surface area contributed by atoms with Crippen molar-refractivity contribution in [2.45, 2.75) is 13.0 Å². The van der Waals surface area contributed by atoms with Crippen LogP contribution in [0.2, 0.25) is 0 Å². The zero-order chi connectivity index (χ0) is 12.8. The van der Waals surface area contributed by atoms with E-state index in [1.807, 2.05) is 30.3 Å². The molecule has 4 heteroatoms. The number of hydrogen-bond acceptors (Lipinski definition) is 4. The van der Waals surface area contributed by atoms with Gasteiger partial charge < -0.3 is 10.5 Å². The molecule has 0 saturated heterocycles. The lowest BCUT2D eigenvalue weighted by atomic mass is 10.2. The number of nitrogen functional groups attached to an aromatic ring is 1. The summed E-state index contributed by atoms with van der Waals surface area (Å²) < 4.78 is 5.15. The van der Waals surface area contributed by atoms with E-state index in [2.05, 4.69) is 4.98 Å². The molecule has 0 fully saturated rings. The van der Waals surface area contributed by atoms with E-state index in [1.165, 1.54) is 6.20 Å². The third-order valence-electron chi connectivity index (χ3n) is 2.42. The van der Waals surface area contributed by atoms with Crippen LogP contribution in [-0.4, -0.2) is 11.0 Å². The molecule has 2 N–H and O–H groups in total. The number of rotatable bonds is 4. The van der Waals surface area contributed by atoms with Gasteiger partial charge in [0, 0.05) is 0 Å². The van der Waals surface area contributed by atoms with Crippen molar-refractivity contribution in [2.24, 2.45) is 0 Å². The van der Waals surface area contributed by atoms with Crippen LogP contribution in [0.3, 0.4) is 0 Å². The lowest BCUT2D eigenvalue weighted by Gasteiger charge is -2.04. The number of nitrogens with two attached hydrogens (primary N) is 1. The van der Waals surface area contributed by atoms with Crippen LogP contribution in [0.5, 0.6) is 0 Å². The minimum Gasteiger partial charge on any atom is -0.461 e. The maximum Gasteiger partial charge on any atom is 0.312 e. The van der Waals surface area contributed by atoms with Gasteiger partial charge >= 0.3 is 5.97 Å². The fourth-order valence-electron chi connectivity index (χ4n) is 1.48. The molecule has 1 aromatic carbocycles. The first-order valence-electron chi connectivity index (χ1n) is 5.64. The minimum absolute atomic E-state index is 0.160. The maximum absolute atomic E-state index is 11.6. The molecule has 0 amide bonds. The number of anilines is 1. The Kier molecular flexibility index (Phi) is 3.91. The van der Waals surface area contributed by atoms with E-state index in [1.54, 1.807) is 12.1 Å². The SMILES string of the molecule is Nc1ccc(CC(=O)OCc2ccccc2)nc1. The van der Waals surface area contributed by atoms with E-state index < -0.39 is 0 Å². The van der Waals surface area contributed by atoms with Crippen molar-refractivity contribution >= 4 is 11.7 Å². The van der Waals surface area contributed by atoms with Gasteiger partial charge in [-0.15, -0.1) is 0 Å². The molecule has 1 heterocycles. The Morgan fingerprint density at radius 1 is 1.17 bits per heavy atom. The Hall–Kier alpha value is -2.36. The van der Waals surface area contributed by atoms with Gasteiger partial charge in [0.25, 0.3) is 0 Å². The fraction of sp³-hybridized carbons (Fsp3) is 0.143. The second-order valence-electron chi connectivity index (χ2n) is 3.91. The molecular formula is C14H14N2O2. The van der Waals surface area contributed by atoms with Crippen LogP contribution in [-0.2, 0) is 22.6 Å². The lowest BCUT2D eigenvalue weighted by Crippen LogP contribution is -2.09. The molecule has 0 spiro atoms. The van der Waals surface area contributed by atoms with Crippen LogP contribution >= 0.6 is 0 Å². The van der Waals surface area contributed by atoms with Crippen LogP contribution in [0.15, 0.2) is 48.7 Å². The van der Waals surface area contributed by atoms with Crippen LogP contribution in [0.1, 0.15) is 11.3 Å². The van der Waals surface area contributed by atoms with Crippen LogP contribution in [0, 0.1) is 0 Å². The molecule has 4 nitrogen and oxygen atoms in total. The number of benzene rings is 1. The van der Waals surface area contributed by atoms with Crippen molar-refractivity contribution in [3.63, 3.8) is 0 Å². The van der Waals surface area contributed by atoms with Crippen LogP contribution in [0.4, 0.5) is 5.69 Å². The number of nitrogens with zero attached hydrogens (tertiary/aromatic N) is 1. The summed E-state index contributed by atoms with van der Waals surface area (Å²) in [4.78, 5) is 15.6. The van der Waals surface area contributed by atoms with E-state index in [-0.39, 0.29) is 19.0 Å². The molecule has 0 atom stereocenters. The Bertz CT molecular complexity index is 509. The Morgan fingerprint density at radius 2 is 1.94 bits per heavy atom. The second-order valence-corrected chi connectivity index (χ2v) is 3.91. The number of aromatic nitrogens is 1. The molecule has 1 aromatic heterocycles. The van der Waals surface area contributed by atoms with Gasteiger partial charge in [-0.3, -0.25) is 9.78 Å². The smallest absolute Gasteiger partial charge is 0.312 e. The van der Waals surface area contributed by atoms with E-state index in [4.69, 9.17) is 10.5 Å². The van der Waals surface area contributed by atoms with E-state index in [0.717, 1.165) is 5.56 Å². The van der Waals surface area contributed by atoms with Gasteiger partial charge in [-0.1, -0.05) is 30.3 Å². The third kappa shape index (κ3) is 3.59. The molecular weight excluding hydrogens is 228 g/mol. The molecule has 0 unspecified atom stereocenters. The van der Waals surface area contributed by atoms with E-state index in [9.17, 15) is 4.79 Å².